The van der Waals surface area contributed by atoms with Crippen molar-refractivity contribution < 1.29 is 33.4 Å². The van der Waals surface area contributed by atoms with E-state index in [0.29, 0.717) is 17.0 Å². The van der Waals surface area contributed by atoms with E-state index in [1.165, 1.54) is 56.2 Å². The van der Waals surface area contributed by atoms with Gasteiger partial charge >= 0.3 is 5.97 Å². The Balaban J connectivity index is 1.91. The van der Waals surface area contributed by atoms with Crippen molar-refractivity contribution in [2.24, 2.45) is 0 Å². The Labute approximate surface area is 201 Å². The minimum Gasteiger partial charge on any atom is -0.507 e. The first-order valence-corrected chi connectivity index (χ1v) is 10.7. The number of aliphatic hydroxyl groups excluding tert-OH is 1. The molecule has 1 atom stereocenters. The van der Waals surface area contributed by atoms with Crippen molar-refractivity contribution in [2.45, 2.75) is 19.9 Å². The van der Waals surface area contributed by atoms with E-state index in [1.54, 1.807) is 36.4 Å². The zero-order valence-corrected chi connectivity index (χ0v) is 19.2. The van der Waals surface area contributed by atoms with Gasteiger partial charge in [-0.15, -0.1) is 0 Å². The van der Waals surface area contributed by atoms with E-state index in [0.717, 1.165) is 0 Å². The lowest BCUT2D eigenvalue weighted by atomic mass is 9.94. The number of amides is 1. The fraction of sp³-hybridized carbons (Fsp3) is 0.148. The number of benzene rings is 3. The van der Waals surface area contributed by atoms with Crippen LogP contribution in [0.15, 0.2) is 72.3 Å². The summed E-state index contributed by atoms with van der Waals surface area (Å²) in [5.41, 5.74) is 1.20. The Morgan fingerprint density at radius 3 is 2.34 bits per heavy atom. The molecule has 1 N–H and O–H groups in total. The van der Waals surface area contributed by atoms with Crippen LogP contribution in [0, 0.1) is 12.7 Å². The monoisotopic (exact) mass is 475 g/mol. The third-order valence-electron chi connectivity index (χ3n) is 5.66. The van der Waals surface area contributed by atoms with E-state index < -0.39 is 35.3 Å². The minimum atomic E-state index is -1.00. The molecular formula is C27H22FNO6. The summed E-state index contributed by atoms with van der Waals surface area (Å²) in [5, 5.41) is 11.2. The highest BCUT2D eigenvalue weighted by Gasteiger charge is 2.47. The zero-order valence-electron chi connectivity index (χ0n) is 19.2. The third kappa shape index (κ3) is 4.50. The molecule has 3 aromatic carbocycles. The number of ketones is 1. The number of ether oxygens (including phenoxy) is 2. The predicted molar refractivity (Wildman–Crippen MR) is 127 cm³/mol. The smallest absolute Gasteiger partial charge is 0.308 e. The Hall–Kier alpha value is -4.46. The van der Waals surface area contributed by atoms with E-state index >= 15 is 0 Å². The number of aliphatic hydroxyl groups is 1. The van der Waals surface area contributed by atoms with Crippen molar-refractivity contribution in [3.8, 4) is 11.5 Å². The standard InChI is InChI=1S/C27H22FNO6/c1-15-13-18(9-12-22(15)28)25(31)23-24(17-7-10-20(11-8-17)35-16(2)30)29(27(33)26(23)32)19-5-4-6-21(14-19)34-3/h4-14,24,31H,1-3H3/b25-23+. The van der Waals surface area contributed by atoms with Gasteiger partial charge < -0.3 is 14.6 Å². The number of aryl methyl sites for hydroxylation is 1. The highest BCUT2D eigenvalue weighted by molar-refractivity contribution is 6.51. The van der Waals surface area contributed by atoms with E-state index in [4.69, 9.17) is 9.47 Å². The number of methoxy groups -OCH3 is 1. The van der Waals surface area contributed by atoms with Crippen LogP contribution >= 0.6 is 0 Å². The van der Waals surface area contributed by atoms with Crippen molar-refractivity contribution in [1.82, 2.24) is 0 Å². The molecule has 4 rings (SSSR count). The molecule has 0 radical (unpaired) electrons. The highest BCUT2D eigenvalue weighted by atomic mass is 19.1. The maximum absolute atomic E-state index is 13.8. The molecule has 8 heteroatoms. The molecule has 178 valence electrons. The van der Waals surface area contributed by atoms with Crippen molar-refractivity contribution in [3.63, 3.8) is 0 Å². The lowest BCUT2D eigenvalue weighted by molar-refractivity contribution is -0.132. The zero-order chi connectivity index (χ0) is 25.3. The summed E-state index contributed by atoms with van der Waals surface area (Å²) in [6.45, 7) is 2.81. The molecule has 3 aromatic rings. The maximum Gasteiger partial charge on any atom is 0.308 e. The molecule has 1 aliphatic rings. The largest absolute Gasteiger partial charge is 0.507 e. The Bertz CT molecular complexity index is 1360. The van der Waals surface area contributed by atoms with Crippen LogP contribution in [0.4, 0.5) is 10.1 Å². The first-order valence-electron chi connectivity index (χ1n) is 10.7. The molecule has 0 spiro atoms. The number of carbonyl (C=O) groups excluding carboxylic acids is 3. The van der Waals surface area contributed by atoms with Gasteiger partial charge in [0.1, 0.15) is 23.1 Å². The van der Waals surface area contributed by atoms with Crippen LogP contribution in [0.2, 0.25) is 0 Å². The number of Topliss-reactive ketones (excluding diaryl/α,β-unsaturated/α-hetero) is 1. The molecule has 35 heavy (non-hydrogen) atoms. The average Bonchev–Trinajstić information content (AvgIpc) is 3.11. The number of halogens is 1. The van der Waals surface area contributed by atoms with Gasteiger partial charge in [-0.1, -0.05) is 18.2 Å². The Kier molecular flexibility index (Phi) is 6.38. The normalized spacial score (nSPS) is 16.9. The first kappa shape index (κ1) is 23.7. The van der Waals surface area contributed by atoms with Crippen molar-refractivity contribution in [2.75, 3.05) is 12.0 Å². The number of carbonyl (C=O) groups is 3. The van der Waals surface area contributed by atoms with Crippen molar-refractivity contribution in [1.29, 1.82) is 0 Å². The SMILES string of the molecule is COc1cccc(N2C(=O)C(=O)/C(=C(/O)c3ccc(F)c(C)c3)C2c2ccc(OC(C)=O)cc2)c1. The van der Waals surface area contributed by atoms with Crippen LogP contribution < -0.4 is 14.4 Å². The summed E-state index contributed by atoms with van der Waals surface area (Å²) in [6, 6.07) is 15.8. The van der Waals surface area contributed by atoms with Gasteiger partial charge in [0.25, 0.3) is 11.7 Å². The second-order valence-electron chi connectivity index (χ2n) is 8.00. The van der Waals surface area contributed by atoms with E-state index in [1.807, 2.05) is 0 Å². The molecule has 0 aromatic heterocycles. The van der Waals surface area contributed by atoms with Crippen molar-refractivity contribution >= 4 is 29.1 Å². The van der Waals surface area contributed by atoms with Crippen LogP contribution in [0.3, 0.4) is 0 Å². The Morgan fingerprint density at radius 2 is 1.71 bits per heavy atom. The lowest BCUT2D eigenvalue weighted by Crippen LogP contribution is -2.29. The molecule has 0 bridgehead atoms. The maximum atomic E-state index is 13.8. The topological polar surface area (TPSA) is 93.1 Å². The number of anilines is 1. The Morgan fingerprint density at radius 1 is 1.00 bits per heavy atom. The van der Waals surface area contributed by atoms with Gasteiger partial charge in [-0.2, -0.15) is 0 Å². The molecule has 0 saturated carbocycles. The van der Waals surface area contributed by atoms with Gasteiger partial charge in [0, 0.05) is 24.2 Å². The van der Waals surface area contributed by atoms with E-state index in [-0.39, 0.29) is 22.4 Å². The number of rotatable bonds is 5. The van der Waals surface area contributed by atoms with Gasteiger partial charge in [0.2, 0.25) is 0 Å². The molecule has 1 aliphatic heterocycles. The molecule has 0 aliphatic carbocycles. The van der Waals surface area contributed by atoms with Crippen LogP contribution in [0.1, 0.15) is 29.7 Å². The van der Waals surface area contributed by atoms with Crippen LogP contribution in [-0.2, 0) is 14.4 Å². The minimum absolute atomic E-state index is 0.149. The van der Waals surface area contributed by atoms with Gasteiger partial charge in [-0.05, 0) is 60.5 Å². The second-order valence-corrected chi connectivity index (χ2v) is 8.00. The molecule has 7 nitrogen and oxygen atoms in total. The molecule has 1 heterocycles. The third-order valence-corrected chi connectivity index (χ3v) is 5.66. The number of hydrogen-bond acceptors (Lipinski definition) is 6. The molecule has 1 amide bonds. The summed E-state index contributed by atoms with van der Waals surface area (Å²) in [7, 11) is 1.48. The van der Waals surface area contributed by atoms with Crippen molar-refractivity contribution in [3.05, 3.63) is 94.8 Å². The molecule has 1 unspecified atom stereocenters. The van der Waals surface area contributed by atoms with E-state index in [9.17, 15) is 23.9 Å². The van der Waals surface area contributed by atoms with Crippen LogP contribution in [0.5, 0.6) is 11.5 Å². The molecule has 1 fully saturated rings. The fourth-order valence-corrected chi connectivity index (χ4v) is 4.01. The lowest BCUT2D eigenvalue weighted by Gasteiger charge is -2.26. The quantitative estimate of drug-likeness (QED) is 0.189. The summed E-state index contributed by atoms with van der Waals surface area (Å²) in [6.07, 6.45) is 0. The fourth-order valence-electron chi connectivity index (χ4n) is 4.01. The number of nitrogens with zero attached hydrogens (tertiary/aromatic N) is 1. The van der Waals surface area contributed by atoms with Gasteiger partial charge in [-0.25, -0.2) is 4.39 Å². The molecular weight excluding hydrogens is 453 g/mol. The van der Waals surface area contributed by atoms with Crippen LogP contribution in [-0.4, -0.2) is 29.9 Å². The summed E-state index contributed by atoms with van der Waals surface area (Å²) in [4.78, 5) is 39.0. The summed E-state index contributed by atoms with van der Waals surface area (Å²) in [5.74, 6) is -2.35. The van der Waals surface area contributed by atoms with Crippen LogP contribution in [0.25, 0.3) is 5.76 Å². The van der Waals surface area contributed by atoms with E-state index in [2.05, 4.69) is 0 Å². The second kappa shape index (κ2) is 9.42. The number of hydrogen-bond donors (Lipinski definition) is 1. The van der Waals surface area contributed by atoms with Gasteiger partial charge in [0.05, 0.1) is 18.7 Å². The highest BCUT2D eigenvalue weighted by Crippen LogP contribution is 2.43. The molecule has 1 saturated heterocycles. The first-order chi connectivity index (χ1) is 16.7. The van der Waals surface area contributed by atoms with Gasteiger partial charge in [-0.3, -0.25) is 19.3 Å². The summed E-state index contributed by atoms with van der Waals surface area (Å²) < 4.78 is 24.2. The number of esters is 1. The average molecular weight is 475 g/mol. The van der Waals surface area contributed by atoms with Gasteiger partial charge in [0.15, 0.2) is 0 Å². The predicted octanol–water partition coefficient (Wildman–Crippen LogP) is 4.69. The summed E-state index contributed by atoms with van der Waals surface area (Å²) >= 11 is 0.